The van der Waals surface area contributed by atoms with Crippen LogP contribution in [0.25, 0.3) is 0 Å². The van der Waals surface area contributed by atoms with E-state index < -0.39 is 0 Å². The van der Waals surface area contributed by atoms with E-state index in [1.807, 2.05) is 6.92 Å². The molecule has 0 bridgehead atoms. The van der Waals surface area contributed by atoms with E-state index in [1.165, 1.54) is 6.20 Å². The summed E-state index contributed by atoms with van der Waals surface area (Å²) in [6.45, 7) is 3.07. The molecule has 0 aromatic carbocycles. The molecular weight excluding hydrogens is 218 g/mol. The van der Waals surface area contributed by atoms with Crippen molar-refractivity contribution in [1.29, 1.82) is 0 Å². The third-order valence-corrected chi connectivity index (χ3v) is 3.23. The highest BCUT2D eigenvalue weighted by atomic mass is 16.3. The number of nitrogen functional groups attached to an aromatic ring is 1. The van der Waals surface area contributed by atoms with Gasteiger partial charge in [-0.05, 0) is 18.4 Å². The molecule has 5 heteroatoms. The Balaban J connectivity index is 2.14. The van der Waals surface area contributed by atoms with Crippen LogP contribution in [-0.2, 0) is 0 Å². The van der Waals surface area contributed by atoms with Crippen LogP contribution in [-0.4, -0.2) is 40.1 Å². The molecule has 2 unspecified atom stereocenters. The monoisotopic (exact) mass is 235 g/mol. The minimum absolute atomic E-state index is 0.102. The normalized spacial score (nSPS) is 24.7. The third kappa shape index (κ3) is 2.39. The summed E-state index contributed by atoms with van der Waals surface area (Å²) in [5, 5.41) is 9.63. The lowest BCUT2D eigenvalue weighted by Crippen LogP contribution is -2.45. The molecule has 92 valence electrons. The molecule has 0 spiro atoms. The molecule has 5 nitrogen and oxygen atoms in total. The van der Waals surface area contributed by atoms with Crippen LogP contribution in [0.3, 0.4) is 0 Å². The maximum Gasteiger partial charge on any atom is 0.257 e. The van der Waals surface area contributed by atoms with Gasteiger partial charge in [0.05, 0.1) is 11.7 Å². The molecule has 1 saturated heterocycles. The highest BCUT2D eigenvalue weighted by Gasteiger charge is 2.28. The first-order valence-corrected chi connectivity index (χ1v) is 5.76. The number of hydrogen-bond donors (Lipinski definition) is 2. The molecule has 1 aromatic rings. The van der Waals surface area contributed by atoms with Gasteiger partial charge in [-0.2, -0.15) is 0 Å². The Morgan fingerprint density at radius 2 is 2.41 bits per heavy atom. The third-order valence-electron chi connectivity index (χ3n) is 3.23. The van der Waals surface area contributed by atoms with Gasteiger partial charge in [-0.1, -0.05) is 6.92 Å². The topological polar surface area (TPSA) is 79.5 Å². The molecule has 1 amide bonds. The number of carbonyl (C=O) groups is 1. The summed E-state index contributed by atoms with van der Waals surface area (Å²) in [5.74, 6) is -0.0000501. The van der Waals surface area contributed by atoms with E-state index in [1.54, 1.807) is 17.2 Å². The maximum absolute atomic E-state index is 12.2. The molecule has 1 aromatic heterocycles. The first-order chi connectivity index (χ1) is 8.09. The standard InChI is InChI=1S/C12H17N3O2/c1-8-7-15(5-3-11(8)16)12(17)9-6-14-4-2-10(9)13/h2,4,6,8,11,16H,3,5,7H2,1H3,(H2,13,14). The summed E-state index contributed by atoms with van der Waals surface area (Å²) in [6.07, 6.45) is 3.36. The number of likely N-dealkylation sites (tertiary alicyclic amines) is 1. The van der Waals surface area contributed by atoms with Crippen LogP contribution < -0.4 is 5.73 Å². The Morgan fingerprint density at radius 1 is 1.65 bits per heavy atom. The Labute approximate surface area is 100 Å². The minimum Gasteiger partial charge on any atom is -0.398 e. The average Bonchev–Trinajstić information content (AvgIpc) is 2.32. The smallest absolute Gasteiger partial charge is 0.257 e. The van der Waals surface area contributed by atoms with Crippen molar-refractivity contribution < 1.29 is 9.90 Å². The van der Waals surface area contributed by atoms with E-state index in [0.29, 0.717) is 30.8 Å². The molecule has 1 aliphatic rings. The summed E-state index contributed by atoms with van der Waals surface area (Å²) in [6, 6.07) is 1.62. The quantitative estimate of drug-likeness (QED) is 0.743. The lowest BCUT2D eigenvalue weighted by Gasteiger charge is -2.34. The number of amides is 1. The second-order valence-electron chi connectivity index (χ2n) is 4.55. The Bertz CT molecular complexity index is 422. The minimum atomic E-state index is -0.315. The predicted octanol–water partition coefficient (Wildman–Crippen LogP) is 0.507. The van der Waals surface area contributed by atoms with Crippen molar-refractivity contribution in [1.82, 2.24) is 9.88 Å². The zero-order chi connectivity index (χ0) is 12.4. The number of nitrogens with zero attached hydrogens (tertiary/aromatic N) is 2. The van der Waals surface area contributed by atoms with Gasteiger partial charge in [-0.25, -0.2) is 0 Å². The maximum atomic E-state index is 12.2. The molecule has 3 N–H and O–H groups in total. The Hall–Kier alpha value is -1.62. The molecule has 0 radical (unpaired) electrons. The van der Waals surface area contributed by atoms with Gasteiger partial charge in [0.1, 0.15) is 0 Å². The fourth-order valence-corrected chi connectivity index (χ4v) is 2.07. The average molecular weight is 235 g/mol. The molecule has 0 saturated carbocycles. The number of piperidine rings is 1. The second-order valence-corrected chi connectivity index (χ2v) is 4.55. The van der Waals surface area contributed by atoms with Gasteiger partial charge in [0.2, 0.25) is 0 Å². The van der Waals surface area contributed by atoms with Crippen molar-refractivity contribution in [3.63, 3.8) is 0 Å². The van der Waals surface area contributed by atoms with E-state index in [4.69, 9.17) is 5.73 Å². The van der Waals surface area contributed by atoms with E-state index in [2.05, 4.69) is 4.98 Å². The highest BCUT2D eigenvalue weighted by molar-refractivity contribution is 5.98. The number of carbonyl (C=O) groups excluding carboxylic acids is 1. The van der Waals surface area contributed by atoms with Crippen molar-refractivity contribution in [3.05, 3.63) is 24.0 Å². The van der Waals surface area contributed by atoms with Gasteiger partial charge in [0.25, 0.3) is 5.91 Å². The molecule has 1 aliphatic heterocycles. The number of aliphatic hydroxyl groups excluding tert-OH is 1. The number of pyridine rings is 1. The van der Waals surface area contributed by atoms with E-state index in [9.17, 15) is 9.90 Å². The molecule has 2 heterocycles. The first-order valence-electron chi connectivity index (χ1n) is 5.76. The van der Waals surface area contributed by atoms with E-state index in [-0.39, 0.29) is 17.9 Å². The Morgan fingerprint density at radius 3 is 3.06 bits per heavy atom. The number of rotatable bonds is 1. The van der Waals surface area contributed by atoms with Gasteiger partial charge in [0.15, 0.2) is 0 Å². The lowest BCUT2D eigenvalue weighted by molar-refractivity contribution is 0.0298. The van der Waals surface area contributed by atoms with Crippen molar-refractivity contribution in [2.24, 2.45) is 5.92 Å². The van der Waals surface area contributed by atoms with Crippen LogP contribution in [0.1, 0.15) is 23.7 Å². The molecule has 2 rings (SSSR count). The second kappa shape index (κ2) is 4.71. The summed E-state index contributed by atoms with van der Waals surface area (Å²) in [7, 11) is 0. The molecule has 2 atom stereocenters. The van der Waals surface area contributed by atoms with Crippen LogP contribution in [0, 0.1) is 5.92 Å². The van der Waals surface area contributed by atoms with Gasteiger partial charge >= 0.3 is 0 Å². The Kier molecular flexibility index (Phi) is 3.28. The van der Waals surface area contributed by atoms with Crippen molar-refractivity contribution in [2.45, 2.75) is 19.4 Å². The van der Waals surface area contributed by atoms with E-state index in [0.717, 1.165) is 0 Å². The molecule has 0 aliphatic carbocycles. The van der Waals surface area contributed by atoms with Crippen molar-refractivity contribution in [2.75, 3.05) is 18.8 Å². The summed E-state index contributed by atoms with van der Waals surface area (Å²) >= 11 is 0. The summed E-state index contributed by atoms with van der Waals surface area (Å²) in [5.41, 5.74) is 6.64. The molecule has 1 fully saturated rings. The van der Waals surface area contributed by atoms with Crippen molar-refractivity contribution >= 4 is 11.6 Å². The SMILES string of the molecule is CC1CN(C(=O)c2cnccc2N)CCC1O. The predicted molar refractivity (Wildman–Crippen MR) is 64.3 cm³/mol. The van der Waals surface area contributed by atoms with Gasteiger partial charge < -0.3 is 15.7 Å². The number of hydrogen-bond acceptors (Lipinski definition) is 4. The van der Waals surface area contributed by atoms with Gasteiger partial charge in [-0.15, -0.1) is 0 Å². The lowest BCUT2D eigenvalue weighted by atomic mass is 9.96. The van der Waals surface area contributed by atoms with Crippen LogP contribution >= 0.6 is 0 Å². The number of anilines is 1. The van der Waals surface area contributed by atoms with Crippen LogP contribution in [0.2, 0.25) is 0 Å². The van der Waals surface area contributed by atoms with Gasteiger partial charge in [0, 0.05) is 31.2 Å². The van der Waals surface area contributed by atoms with Crippen LogP contribution in [0.4, 0.5) is 5.69 Å². The fourth-order valence-electron chi connectivity index (χ4n) is 2.07. The number of aliphatic hydroxyl groups is 1. The van der Waals surface area contributed by atoms with Crippen LogP contribution in [0.15, 0.2) is 18.5 Å². The number of nitrogens with two attached hydrogens (primary N) is 1. The van der Waals surface area contributed by atoms with Crippen molar-refractivity contribution in [3.8, 4) is 0 Å². The molecule has 17 heavy (non-hydrogen) atoms. The fraction of sp³-hybridized carbons (Fsp3) is 0.500. The largest absolute Gasteiger partial charge is 0.398 e. The van der Waals surface area contributed by atoms with E-state index >= 15 is 0 Å². The number of aromatic nitrogens is 1. The first kappa shape index (κ1) is 11.9. The van der Waals surface area contributed by atoms with Gasteiger partial charge in [-0.3, -0.25) is 9.78 Å². The highest BCUT2D eigenvalue weighted by Crippen LogP contribution is 2.20. The molecular formula is C12H17N3O2. The zero-order valence-electron chi connectivity index (χ0n) is 9.84. The summed E-state index contributed by atoms with van der Waals surface area (Å²) in [4.78, 5) is 17.8. The zero-order valence-corrected chi connectivity index (χ0v) is 9.84. The van der Waals surface area contributed by atoms with Crippen LogP contribution in [0.5, 0.6) is 0 Å². The summed E-state index contributed by atoms with van der Waals surface area (Å²) < 4.78 is 0.